The lowest BCUT2D eigenvalue weighted by atomic mass is 9.90. The zero-order valence-electron chi connectivity index (χ0n) is 13.9. The number of hydrogen-bond donors (Lipinski definition) is 1. The predicted molar refractivity (Wildman–Crippen MR) is 87.7 cm³/mol. The first-order valence-electron chi connectivity index (χ1n) is 8.02. The summed E-state index contributed by atoms with van der Waals surface area (Å²) in [5.74, 6) is 0.655. The summed E-state index contributed by atoms with van der Waals surface area (Å²) in [7, 11) is 0. The second-order valence-electron chi connectivity index (χ2n) is 6.20. The monoisotopic (exact) mass is 317 g/mol. The van der Waals surface area contributed by atoms with Crippen LogP contribution in [0.15, 0.2) is 18.3 Å². The second kappa shape index (κ2) is 6.16. The molecule has 1 fully saturated rings. The van der Waals surface area contributed by atoms with Gasteiger partial charge in [0.05, 0.1) is 18.5 Å². The number of imidazole rings is 1. The summed E-state index contributed by atoms with van der Waals surface area (Å²) in [5, 5.41) is 7.97. The van der Waals surface area contributed by atoms with Crippen molar-refractivity contribution >= 4 is 17.4 Å². The van der Waals surface area contributed by atoms with Crippen molar-refractivity contribution < 1.29 is 9.53 Å². The molecule has 0 aliphatic carbocycles. The number of hydrogen-bond acceptors (Lipinski definition) is 6. The SMILES string of the molecule is CCOC(=O)C(C)(C)c1cn2nc(N3CCNCC3)ccc2n1. The fraction of sp³-hybridized carbons (Fsp3) is 0.562. The fourth-order valence-electron chi connectivity index (χ4n) is 2.65. The van der Waals surface area contributed by atoms with Crippen molar-refractivity contribution in [3.05, 3.63) is 24.0 Å². The third-order valence-electron chi connectivity index (χ3n) is 4.17. The van der Waals surface area contributed by atoms with Crippen LogP contribution >= 0.6 is 0 Å². The number of nitrogens with zero attached hydrogens (tertiary/aromatic N) is 4. The number of carbonyl (C=O) groups excluding carboxylic acids is 1. The molecule has 7 heteroatoms. The Bertz CT molecular complexity index is 704. The molecular weight excluding hydrogens is 294 g/mol. The molecule has 23 heavy (non-hydrogen) atoms. The lowest BCUT2D eigenvalue weighted by Gasteiger charge is -2.28. The Hall–Kier alpha value is -2.15. The van der Waals surface area contributed by atoms with Gasteiger partial charge < -0.3 is 15.0 Å². The van der Waals surface area contributed by atoms with E-state index in [1.54, 1.807) is 11.4 Å². The van der Waals surface area contributed by atoms with Crippen LogP contribution in [0, 0.1) is 0 Å². The van der Waals surface area contributed by atoms with Gasteiger partial charge in [0.1, 0.15) is 11.2 Å². The van der Waals surface area contributed by atoms with E-state index in [2.05, 4.69) is 20.3 Å². The van der Waals surface area contributed by atoms with Gasteiger partial charge in [-0.25, -0.2) is 9.50 Å². The van der Waals surface area contributed by atoms with Gasteiger partial charge in [0.25, 0.3) is 0 Å². The van der Waals surface area contributed by atoms with Gasteiger partial charge in [0.15, 0.2) is 5.65 Å². The maximum absolute atomic E-state index is 12.1. The Kier molecular flexibility index (Phi) is 4.21. The van der Waals surface area contributed by atoms with Gasteiger partial charge >= 0.3 is 5.97 Å². The Morgan fingerprint density at radius 1 is 1.35 bits per heavy atom. The Balaban J connectivity index is 1.91. The smallest absolute Gasteiger partial charge is 0.317 e. The number of ether oxygens (including phenoxy) is 1. The van der Waals surface area contributed by atoms with E-state index in [0.29, 0.717) is 12.3 Å². The van der Waals surface area contributed by atoms with E-state index in [4.69, 9.17) is 4.74 Å². The van der Waals surface area contributed by atoms with Gasteiger partial charge in [-0.05, 0) is 32.9 Å². The number of rotatable bonds is 4. The van der Waals surface area contributed by atoms with E-state index in [0.717, 1.165) is 37.6 Å². The van der Waals surface area contributed by atoms with Crippen LogP contribution in [-0.4, -0.2) is 53.4 Å². The molecule has 0 spiro atoms. The number of fused-ring (bicyclic) bond motifs is 1. The normalized spacial score (nSPS) is 15.9. The Labute approximate surface area is 135 Å². The zero-order chi connectivity index (χ0) is 16.4. The second-order valence-corrected chi connectivity index (χ2v) is 6.20. The van der Waals surface area contributed by atoms with Crippen molar-refractivity contribution in [1.29, 1.82) is 0 Å². The molecule has 0 amide bonds. The number of aromatic nitrogens is 3. The van der Waals surface area contributed by atoms with Crippen molar-refractivity contribution in [2.45, 2.75) is 26.2 Å². The van der Waals surface area contributed by atoms with Crippen molar-refractivity contribution in [2.24, 2.45) is 0 Å². The van der Waals surface area contributed by atoms with Crippen LogP contribution in [-0.2, 0) is 14.9 Å². The minimum absolute atomic E-state index is 0.272. The summed E-state index contributed by atoms with van der Waals surface area (Å²) in [6.07, 6.45) is 1.82. The van der Waals surface area contributed by atoms with Crippen molar-refractivity contribution in [2.75, 3.05) is 37.7 Å². The van der Waals surface area contributed by atoms with Gasteiger partial charge in [0.2, 0.25) is 0 Å². The van der Waals surface area contributed by atoms with Gasteiger partial charge in [-0.3, -0.25) is 4.79 Å². The van der Waals surface area contributed by atoms with Crippen LogP contribution in [0.2, 0.25) is 0 Å². The van der Waals surface area contributed by atoms with Crippen LogP contribution in [0.1, 0.15) is 26.5 Å². The molecule has 2 aromatic heterocycles. The molecule has 0 unspecified atom stereocenters. The summed E-state index contributed by atoms with van der Waals surface area (Å²) in [6, 6.07) is 3.92. The maximum atomic E-state index is 12.1. The van der Waals surface area contributed by atoms with Gasteiger partial charge in [-0.2, -0.15) is 0 Å². The molecule has 0 aromatic carbocycles. The molecule has 1 saturated heterocycles. The largest absolute Gasteiger partial charge is 0.465 e. The molecule has 1 aliphatic rings. The highest BCUT2D eigenvalue weighted by molar-refractivity contribution is 5.81. The third-order valence-corrected chi connectivity index (χ3v) is 4.17. The molecule has 0 radical (unpaired) electrons. The first-order chi connectivity index (χ1) is 11.0. The third kappa shape index (κ3) is 3.01. The van der Waals surface area contributed by atoms with Crippen LogP contribution in [0.25, 0.3) is 5.65 Å². The molecule has 124 valence electrons. The quantitative estimate of drug-likeness (QED) is 0.848. The van der Waals surface area contributed by atoms with Gasteiger partial charge in [0, 0.05) is 26.2 Å². The van der Waals surface area contributed by atoms with Gasteiger partial charge in [-0.15, -0.1) is 5.10 Å². The summed E-state index contributed by atoms with van der Waals surface area (Å²) < 4.78 is 6.90. The molecule has 2 aromatic rings. The van der Waals surface area contributed by atoms with Crippen LogP contribution in [0.4, 0.5) is 5.82 Å². The molecule has 1 aliphatic heterocycles. The predicted octanol–water partition coefficient (Wildman–Crippen LogP) is 0.980. The lowest BCUT2D eigenvalue weighted by Crippen LogP contribution is -2.44. The number of esters is 1. The average molecular weight is 317 g/mol. The lowest BCUT2D eigenvalue weighted by molar-refractivity contribution is -0.148. The molecule has 3 heterocycles. The minimum atomic E-state index is -0.793. The topological polar surface area (TPSA) is 71.8 Å². The summed E-state index contributed by atoms with van der Waals surface area (Å²) in [5.41, 5.74) is 0.607. The number of piperazine rings is 1. The van der Waals surface area contributed by atoms with Crippen molar-refractivity contribution in [3.63, 3.8) is 0 Å². The van der Waals surface area contributed by atoms with Crippen molar-refractivity contribution in [3.8, 4) is 0 Å². The van der Waals surface area contributed by atoms with Crippen LogP contribution < -0.4 is 10.2 Å². The number of nitrogens with one attached hydrogen (secondary N) is 1. The highest BCUT2D eigenvalue weighted by Crippen LogP contribution is 2.25. The standard InChI is InChI=1S/C16H23N5O2/c1-4-23-15(22)16(2,3)12-11-21-13(18-12)5-6-14(19-21)20-9-7-17-8-10-20/h5-6,11,17H,4,7-10H2,1-3H3. The van der Waals surface area contributed by atoms with E-state index in [9.17, 15) is 4.79 Å². The molecule has 3 rings (SSSR count). The Morgan fingerprint density at radius 3 is 2.78 bits per heavy atom. The number of anilines is 1. The van der Waals surface area contributed by atoms with Crippen LogP contribution in [0.5, 0.6) is 0 Å². The zero-order valence-corrected chi connectivity index (χ0v) is 13.9. The van der Waals surface area contributed by atoms with E-state index in [1.807, 2.05) is 32.2 Å². The molecule has 0 bridgehead atoms. The molecule has 0 atom stereocenters. The first kappa shape index (κ1) is 15.7. The minimum Gasteiger partial charge on any atom is -0.465 e. The summed E-state index contributed by atoms with van der Waals surface area (Å²) in [4.78, 5) is 18.9. The average Bonchev–Trinajstić information content (AvgIpc) is 2.99. The van der Waals surface area contributed by atoms with Crippen LogP contribution in [0.3, 0.4) is 0 Å². The van der Waals surface area contributed by atoms with E-state index in [-0.39, 0.29) is 5.97 Å². The fourth-order valence-corrected chi connectivity index (χ4v) is 2.65. The van der Waals surface area contributed by atoms with E-state index < -0.39 is 5.41 Å². The summed E-state index contributed by atoms with van der Waals surface area (Å²) >= 11 is 0. The number of carbonyl (C=O) groups is 1. The maximum Gasteiger partial charge on any atom is 0.317 e. The molecular formula is C16H23N5O2. The first-order valence-corrected chi connectivity index (χ1v) is 8.02. The molecule has 1 N–H and O–H groups in total. The summed E-state index contributed by atoms with van der Waals surface area (Å²) in [6.45, 7) is 9.62. The highest BCUT2D eigenvalue weighted by atomic mass is 16.5. The van der Waals surface area contributed by atoms with Crippen molar-refractivity contribution in [1.82, 2.24) is 19.9 Å². The molecule has 0 saturated carbocycles. The van der Waals surface area contributed by atoms with E-state index >= 15 is 0 Å². The van der Waals surface area contributed by atoms with E-state index in [1.165, 1.54) is 0 Å². The Morgan fingerprint density at radius 2 is 2.09 bits per heavy atom. The molecule has 7 nitrogen and oxygen atoms in total. The van der Waals surface area contributed by atoms with Gasteiger partial charge in [-0.1, -0.05) is 0 Å². The highest BCUT2D eigenvalue weighted by Gasteiger charge is 2.34.